The molecule has 0 N–H and O–H groups in total. The molecule has 1 aromatic carbocycles. The number of hydrogen-bond donors (Lipinski definition) is 0. The summed E-state index contributed by atoms with van der Waals surface area (Å²) in [6.45, 7) is 6.87. The number of rotatable bonds is 2. The minimum atomic E-state index is -1.14. The van der Waals surface area contributed by atoms with Crippen LogP contribution in [-0.2, 0) is 5.32 Å². The molecule has 0 fully saturated rings. The molecule has 0 heterocycles. The summed E-state index contributed by atoms with van der Waals surface area (Å²) < 4.78 is 0. The fraction of sp³-hybridized carbons (Fsp3) is 0.333. The predicted octanol–water partition coefficient (Wildman–Crippen LogP) is 2.73. The second-order valence-electron chi connectivity index (χ2n) is 4.25. The van der Waals surface area contributed by atoms with E-state index in [9.17, 15) is 0 Å². The normalized spacial score (nSPS) is 10.5. The maximum atomic E-state index is 3.41. The molecule has 0 atom stereocenters. The van der Waals surface area contributed by atoms with Crippen LogP contribution in [0.5, 0.6) is 0 Å². The third-order valence-electron chi connectivity index (χ3n) is 1.58. The van der Waals surface area contributed by atoms with E-state index in [0.717, 1.165) is 5.32 Å². The van der Waals surface area contributed by atoms with E-state index < -0.39 is 8.07 Å². The molecule has 0 amide bonds. The molecule has 74 valence electrons. The van der Waals surface area contributed by atoms with E-state index >= 15 is 0 Å². The van der Waals surface area contributed by atoms with Gasteiger partial charge in [-0.1, -0.05) is 0 Å². The summed E-state index contributed by atoms with van der Waals surface area (Å²) >= 11 is 0.460. The Hall–Kier alpha value is -0.484. The monoisotopic (exact) mass is 268 g/mol. The molecule has 0 aliphatic carbocycles. The molecular formula is C12H16SeSi. The van der Waals surface area contributed by atoms with Gasteiger partial charge in [0.2, 0.25) is 0 Å². The quantitative estimate of drug-likeness (QED) is 0.571. The first-order valence-electron chi connectivity index (χ1n) is 4.76. The molecule has 0 spiro atoms. The van der Waals surface area contributed by atoms with Crippen molar-refractivity contribution < 1.29 is 0 Å². The summed E-state index contributed by atoms with van der Waals surface area (Å²) in [4.78, 5) is 3.35. The van der Waals surface area contributed by atoms with Crippen LogP contribution in [0.1, 0.15) is 5.56 Å². The van der Waals surface area contributed by atoms with E-state index in [1.807, 2.05) is 0 Å². The van der Waals surface area contributed by atoms with Crippen LogP contribution < -0.4 is 0 Å². The summed E-state index contributed by atoms with van der Waals surface area (Å²) in [5, 5.41) is 1.14. The van der Waals surface area contributed by atoms with Crippen LogP contribution in [0.3, 0.4) is 0 Å². The van der Waals surface area contributed by atoms with Crippen LogP contribution in [0.2, 0.25) is 19.6 Å². The molecule has 0 aliphatic rings. The minimum absolute atomic E-state index is 0.460. The van der Waals surface area contributed by atoms with Gasteiger partial charge in [0.05, 0.1) is 0 Å². The zero-order chi connectivity index (χ0) is 10.4. The van der Waals surface area contributed by atoms with Crippen LogP contribution in [-0.4, -0.2) is 23.0 Å². The fourth-order valence-electron chi connectivity index (χ4n) is 0.883. The first-order valence-corrected chi connectivity index (χ1v) is 10.3. The summed E-state index contributed by atoms with van der Waals surface area (Å²) in [6.07, 6.45) is 0. The topological polar surface area (TPSA) is 0 Å². The Kier molecular flexibility index (Phi) is 4.48. The first-order chi connectivity index (χ1) is 6.58. The SMILES string of the molecule is C[Si](C)(C)C#C[Se]Cc1ccccc1. The zero-order valence-electron chi connectivity index (χ0n) is 9.00. The molecule has 14 heavy (non-hydrogen) atoms. The maximum absolute atomic E-state index is 3.41. The zero-order valence-corrected chi connectivity index (χ0v) is 11.7. The molecule has 0 radical (unpaired) electrons. The molecule has 0 unspecified atom stereocenters. The van der Waals surface area contributed by atoms with Crippen LogP contribution >= 0.6 is 0 Å². The van der Waals surface area contributed by atoms with E-state index in [1.54, 1.807) is 0 Å². The van der Waals surface area contributed by atoms with Crippen molar-refractivity contribution in [3.63, 3.8) is 0 Å². The Labute approximate surface area is 94.3 Å². The molecular weight excluding hydrogens is 251 g/mol. The van der Waals surface area contributed by atoms with Crippen LogP contribution in [0, 0.1) is 10.4 Å². The van der Waals surface area contributed by atoms with Gasteiger partial charge in [-0.25, -0.2) is 0 Å². The molecule has 0 aliphatic heterocycles. The van der Waals surface area contributed by atoms with Gasteiger partial charge in [-0.3, -0.25) is 0 Å². The Bertz CT molecular complexity index is 327. The van der Waals surface area contributed by atoms with E-state index in [4.69, 9.17) is 0 Å². The van der Waals surface area contributed by atoms with Crippen molar-refractivity contribution in [3.05, 3.63) is 35.9 Å². The van der Waals surface area contributed by atoms with Gasteiger partial charge in [-0.15, -0.1) is 0 Å². The second-order valence-corrected chi connectivity index (χ2v) is 10.6. The first kappa shape index (κ1) is 11.6. The van der Waals surface area contributed by atoms with E-state index in [0.29, 0.717) is 15.0 Å². The second kappa shape index (κ2) is 5.41. The molecule has 0 nitrogen and oxygen atoms in total. The van der Waals surface area contributed by atoms with Crippen LogP contribution in [0.15, 0.2) is 30.3 Å². The Morgan fingerprint density at radius 2 is 1.79 bits per heavy atom. The van der Waals surface area contributed by atoms with E-state index in [2.05, 4.69) is 60.3 Å². The van der Waals surface area contributed by atoms with Gasteiger partial charge < -0.3 is 0 Å². The summed E-state index contributed by atoms with van der Waals surface area (Å²) in [6, 6.07) is 10.6. The van der Waals surface area contributed by atoms with Crippen molar-refractivity contribution in [2.24, 2.45) is 0 Å². The standard InChI is InChI=1S/C12H16SeSi/c1-14(2,3)10-9-13-11-12-7-5-4-6-8-12/h4-8H,11H2,1-3H3. The van der Waals surface area contributed by atoms with Gasteiger partial charge in [0, 0.05) is 0 Å². The summed E-state index contributed by atoms with van der Waals surface area (Å²) in [5.41, 5.74) is 4.82. The van der Waals surface area contributed by atoms with Gasteiger partial charge in [0.1, 0.15) is 0 Å². The molecule has 0 saturated carbocycles. The summed E-state index contributed by atoms with van der Waals surface area (Å²) in [7, 11) is -1.14. The van der Waals surface area contributed by atoms with E-state index in [-0.39, 0.29) is 0 Å². The van der Waals surface area contributed by atoms with Gasteiger partial charge in [0.25, 0.3) is 0 Å². The Balaban J connectivity index is 2.39. The molecule has 1 rings (SSSR count). The molecule has 0 bridgehead atoms. The van der Waals surface area contributed by atoms with E-state index in [1.165, 1.54) is 5.56 Å². The van der Waals surface area contributed by atoms with Crippen molar-refractivity contribution in [3.8, 4) is 10.4 Å². The summed E-state index contributed by atoms with van der Waals surface area (Å²) in [5.74, 6) is 0. The number of benzene rings is 1. The molecule has 0 aromatic heterocycles. The van der Waals surface area contributed by atoms with Crippen molar-refractivity contribution in [1.82, 2.24) is 0 Å². The van der Waals surface area contributed by atoms with Crippen molar-refractivity contribution in [1.29, 1.82) is 0 Å². The average molecular weight is 267 g/mol. The molecule has 0 saturated heterocycles. The number of hydrogen-bond acceptors (Lipinski definition) is 0. The third-order valence-corrected chi connectivity index (χ3v) is 4.38. The van der Waals surface area contributed by atoms with Gasteiger partial charge >= 0.3 is 94.2 Å². The van der Waals surface area contributed by atoms with Gasteiger partial charge in [0.15, 0.2) is 0 Å². The van der Waals surface area contributed by atoms with Crippen molar-refractivity contribution in [2.45, 2.75) is 25.0 Å². The van der Waals surface area contributed by atoms with Gasteiger partial charge in [-0.05, 0) is 0 Å². The third kappa shape index (κ3) is 5.29. The Morgan fingerprint density at radius 1 is 1.14 bits per heavy atom. The Morgan fingerprint density at radius 3 is 2.36 bits per heavy atom. The van der Waals surface area contributed by atoms with Gasteiger partial charge in [-0.2, -0.15) is 0 Å². The average Bonchev–Trinajstić information content (AvgIpc) is 2.13. The van der Waals surface area contributed by atoms with Crippen molar-refractivity contribution in [2.75, 3.05) is 0 Å². The van der Waals surface area contributed by atoms with Crippen molar-refractivity contribution >= 4 is 23.0 Å². The molecule has 2 heteroatoms. The molecule has 1 aromatic rings. The van der Waals surface area contributed by atoms with Crippen LogP contribution in [0.25, 0.3) is 0 Å². The van der Waals surface area contributed by atoms with Crippen LogP contribution in [0.4, 0.5) is 0 Å². The predicted molar refractivity (Wildman–Crippen MR) is 67.0 cm³/mol. The fourth-order valence-corrected chi connectivity index (χ4v) is 4.55.